The molecular weight excluding hydrogens is 288 g/mol. The van der Waals surface area contributed by atoms with Crippen molar-refractivity contribution in [3.8, 4) is 5.75 Å². The molecule has 5 nitrogen and oxygen atoms in total. The van der Waals surface area contributed by atoms with Crippen LogP contribution >= 0.6 is 15.9 Å². The molecule has 1 aromatic heterocycles. The van der Waals surface area contributed by atoms with Crippen LogP contribution in [0.25, 0.3) is 0 Å². The summed E-state index contributed by atoms with van der Waals surface area (Å²) in [7, 11) is 1.39. The molecule has 2 rings (SSSR count). The maximum atomic E-state index is 11.3. The van der Waals surface area contributed by atoms with Crippen LogP contribution in [0.4, 0.5) is 0 Å². The minimum absolute atomic E-state index is 0.0298. The van der Waals surface area contributed by atoms with E-state index in [1.165, 1.54) is 7.11 Å². The Balaban J connectivity index is 1.94. The standard InChI is InChI=1S/C11H13BrN2O3/c1-16-11(15)9-4-7(5-14-9)17-10-2-3-13-6-8(10)12/h2-3,6-7,9,14H,4-5H2,1H3. The van der Waals surface area contributed by atoms with Gasteiger partial charge in [-0.25, -0.2) is 0 Å². The van der Waals surface area contributed by atoms with E-state index in [0.717, 1.165) is 10.2 Å². The van der Waals surface area contributed by atoms with Crippen LogP contribution in [0.3, 0.4) is 0 Å². The third-order valence-corrected chi connectivity index (χ3v) is 3.20. The van der Waals surface area contributed by atoms with E-state index in [-0.39, 0.29) is 18.1 Å². The third-order valence-electron chi connectivity index (χ3n) is 2.61. The molecule has 0 aliphatic carbocycles. The van der Waals surface area contributed by atoms with Gasteiger partial charge in [0.1, 0.15) is 17.9 Å². The average molecular weight is 301 g/mol. The monoisotopic (exact) mass is 300 g/mol. The van der Waals surface area contributed by atoms with E-state index in [4.69, 9.17) is 4.74 Å². The van der Waals surface area contributed by atoms with E-state index in [2.05, 4.69) is 31.0 Å². The summed E-state index contributed by atoms with van der Waals surface area (Å²) in [5.74, 6) is 0.488. The molecule has 1 aliphatic rings. The van der Waals surface area contributed by atoms with Crippen LogP contribution in [-0.4, -0.2) is 36.8 Å². The Kier molecular flexibility index (Phi) is 3.96. The van der Waals surface area contributed by atoms with E-state index >= 15 is 0 Å². The molecule has 0 saturated carbocycles. The molecule has 92 valence electrons. The number of methoxy groups -OCH3 is 1. The molecule has 0 aromatic carbocycles. The summed E-state index contributed by atoms with van der Waals surface area (Å²) in [5, 5.41) is 3.07. The van der Waals surface area contributed by atoms with Gasteiger partial charge in [-0.05, 0) is 22.0 Å². The van der Waals surface area contributed by atoms with Crippen molar-refractivity contribution in [1.29, 1.82) is 0 Å². The third kappa shape index (κ3) is 2.95. The summed E-state index contributed by atoms with van der Waals surface area (Å²) in [6.07, 6.45) is 3.93. The van der Waals surface area contributed by atoms with Gasteiger partial charge in [-0.15, -0.1) is 0 Å². The largest absolute Gasteiger partial charge is 0.488 e. The normalized spacial score (nSPS) is 23.4. The molecule has 2 atom stereocenters. The number of esters is 1. The summed E-state index contributed by atoms with van der Waals surface area (Å²) in [6, 6.07) is 1.51. The van der Waals surface area contributed by atoms with Gasteiger partial charge in [-0.3, -0.25) is 9.78 Å². The van der Waals surface area contributed by atoms with Gasteiger partial charge in [-0.2, -0.15) is 0 Å². The molecule has 1 aromatic rings. The van der Waals surface area contributed by atoms with Crippen molar-refractivity contribution in [3.05, 3.63) is 22.9 Å². The summed E-state index contributed by atoms with van der Waals surface area (Å²) >= 11 is 3.36. The molecule has 0 radical (unpaired) electrons. The second-order valence-corrected chi connectivity index (χ2v) is 4.62. The number of carbonyl (C=O) groups is 1. The van der Waals surface area contributed by atoms with Crippen molar-refractivity contribution >= 4 is 21.9 Å². The smallest absolute Gasteiger partial charge is 0.323 e. The predicted molar refractivity (Wildman–Crippen MR) is 64.8 cm³/mol. The number of ether oxygens (including phenoxy) is 2. The number of nitrogens with zero attached hydrogens (tertiary/aromatic N) is 1. The minimum Gasteiger partial charge on any atom is -0.488 e. The Hall–Kier alpha value is -1.14. The molecule has 2 unspecified atom stereocenters. The fraction of sp³-hybridized carbons (Fsp3) is 0.455. The first kappa shape index (κ1) is 12.3. The van der Waals surface area contributed by atoms with E-state index in [9.17, 15) is 4.79 Å². The van der Waals surface area contributed by atoms with Crippen LogP contribution in [0, 0.1) is 0 Å². The number of hydrogen-bond donors (Lipinski definition) is 1. The zero-order valence-electron chi connectivity index (χ0n) is 9.35. The lowest BCUT2D eigenvalue weighted by Gasteiger charge is -2.13. The van der Waals surface area contributed by atoms with Gasteiger partial charge >= 0.3 is 5.97 Å². The number of nitrogens with one attached hydrogen (secondary N) is 1. The van der Waals surface area contributed by atoms with Crippen LogP contribution in [0.5, 0.6) is 5.75 Å². The first-order chi connectivity index (χ1) is 8.20. The van der Waals surface area contributed by atoms with Crippen molar-refractivity contribution in [2.75, 3.05) is 13.7 Å². The predicted octanol–water partition coefficient (Wildman–Crippen LogP) is 1.13. The van der Waals surface area contributed by atoms with E-state index in [1.54, 1.807) is 18.5 Å². The lowest BCUT2D eigenvalue weighted by atomic mass is 10.2. The van der Waals surface area contributed by atoms with Crippen LogP contribution < -0.4 is 10.1 Å². The van der Waals surface area contributed by atoms with Gasteiger partial charge in [0.05, 0.1) is 11.6 Å². The SMILES string of the molecule is COC(=O)C1CC(Oc2ccncc2Br)CN1. The van der Waals surface area contributed by atoms with Crippen LogP contribution in [0.15, 0.2) is 22.9 Å². The number of aromatic nitrogens is 1. The Bertz CT molecular complexity index is 413. The number of pyridine rings is 1. The first-order valence-corrected chi connectivity index (χ1v) is 6.07. The Morgan fingerprint density at radius 2 is 2.47 bits per heavy atom. The van der Waals surface area contributed by atoms with Crippen molar-refractivity contribution < 1.29 is 14.3 Å². The van der Waals surface area contributed by atoms with Crippen molar-refractivity contribution in [3.63, 3.8) is 0 Å². The van der Waals surface area contributed by atoms with Gasteiger partial charge in [0, 0.05) is 25.4 Å². The fourth-order valence-corrected chi connectivity index (χ4v) is 2.10. The van der Waals surface area contributed by atoms with Crippen LogP contribution in [-0.2, 0) is 9.53 Å². The summed E-state index contributed by atoms with van der Waals surface area (Å²) in [5.41, 5.74) is 0. The minimum atomic E-state index is -0.273. The molecule has 2 heterocycles. The van der Waals surface area contributed by atoms with Gasteiger partial charge in [0.2, 0.25) is 0 Å². The number of carbonyl (C=O) groups excluding carboxylic acids is 1. The second-order valence-electron chi connectivity index (χ2n) is 3.77. The van der Waals surface area contributed by atoms with Crippen LogP contribution in [0.2, 0.25) is 0 Å². The van der Waals surface area contributed by atoms with Gasteiger partial charge in [0.15, 0.2) is 0 Å². The highest BCUT2D eigenvalue weighted by atomic mass is 79.9. The van der Waals surface area contributed by atoms with Gasteiger partial charge in [-0.1, -0.05) is 0 Å². The maximum Gasteiger partial charge on any atom is 0.323 e. The maximum absolute atomic E-state index is 11.3. The highest BCUT2D eigenvalue weighted by Gasteiger charge is 2.31. The van der Waals surface area contributed by atoms with E-state index in [0.29, 0.717) is 13.0 Å². The van der Waals surface area contributed by atoms with Crippen molar-refractivity contribution in [1.82, 2.24) is 10.3 Å². The van der Waals surface area contributed by atoms with Gasteiger partial charge in [0.25, 0.3) is 0 Å². The fourth-order valence-electron chi connectivity index (χ4n) is 1.75. The Morgan fingerprint density at radius 3 is 3.18 bits per heavy atom. The lowest BCUT2D eigenvalue weighted by molar-refractivity contribution is -0.142. The van der Waals surface area contributed by atoms with Crippen LogP contribution in [0.1, 0.15) is 6.42 Å². The number of rotatable bonds is 3. The highest BCUT2D eigenvalue weighted by molar-refractivity contribution is 9.10. The highest BCUT2D eigenvalue weighted by Crippen LogP contribution is 2.25. The number of hydrogen-bond acceptors (Lipinski definition) is 5. The van der Waals surface area contributed by atoms with Crippen molar-refractivity contribution in [2.45, 2.75) is 18.6 Å². The molecule has 1 aliphatic heterocycles. The molecule has 1 N–H and O–H groups in total. The molecule has 6 heteroatoms. The molecule has 0 bridgehead atoms. The Morgan fingerprint density at radius 1 is 1.65 bits per heavy atom. The van der Waals surface area contributed by atoms with Crippen molar-refractivity contribution in [2.24, 2.45) is 0 Å². The molecule has 1 fully saturated rings. The molecule has 17 heavy (non-hydrogen) atoms. The topological polar surface area (TPSA) is 60.5 Å². The molecular formula is C11H13BrN2O3. The van der Waals surface area contributed by atoms with E-state index in [1.807, 2.05) is 0 Å². The molecule has 1 saturated heterocycles. The zero-order chi connectivity index (χ0) is 12.3. The van der Waals surface area contributed by atoms with Gasteiger partial charge < -0.3 is 14.8 Å². The summed E-state index contributed by atoms with van der Waals surface area (Å²) in [6.45, 7) is 0.633. The zero-order valence-corrected chi connectivity index (χ0v) is 10.9. The molecule has 0 amide bonds. The number of halogens is 1. The van der Waals surface area contributed by atoms with E-state index < -0.39 is 0 Å². The first-order valence-electron chi connectivity index (χ1n) is 5.28. The lowest BCUT2D eigenvalue weighted by Crippen LogP contribution is -2.31. The summed E-state index contributed by atoms with van der Waals surface area (Å²) in [4.78, 5) is 15.3. The average Bonchev–Trinajstić information content (AvgIpc) is 2.80. The second kappa shape index (κ2) is 5.46. The summed E-state index contributed by atoms with van der Waals surface area (Å²) < 4.78 is 11.3. The quantitative estimate of drug-likeness (QED) is 0.848. The molecule has 0 spiro atoms. The Labute approximate surface area is 108 Å².